The van der Waals surface area contributed by atoms with Crippen LogP contribution in [0.1, 0.15) is 5.69 Å². The molecule has 7 nitrogen and oxygen atoms in total. The molecule has 0 bridgehead atoms. The first-order valence-corrected chi connectivity index (χ1v) is 7.77. The summed E-state index contributed by atoms with van der Waals surface area (Å²) in [4.78, 5) is 15.5. The third kappa shape index (κ3) is 3.06. The van der Waals surface area contributed by atoms with E-state index >= 15 is 0 Å². The molecule has 0 atom stereocenters. The quantitative estimate of drug-likeness (QED) is 0.685. The van der Waals surface area contributed by atoms with Crippen LogP contribution in [0.15, 0.2) is 42.6 Å². The molecule has 7 heteroatoms. The molecule has 1 aromatic carbocycles. The largest absolute Gasteiger partial charge is 0.493 e. The van der Waals surface area contributed by atoms with Crippen LogP contribution in [0.2, 0.25) is 0 Å². The molecule has 0 spiro atoms. The Balaban J connectivity index is 2.24. The fourth-order valence-corrected chi connectivity index (χ4v) is 2.75. The van der Waals surface area contributed by atoms with E-state index in [4.69, 9.17) is 19.3 Å². The lowest BCUT2D eigenvalue weighted by atomic mass is 10.1. The van der Waals surface area contributed by atoms with Gasteiger partial charge in [0.15, 0.2) is 11.5 Å². The number of hydrogen-bond donors (Lipinski definition) is 1. The molecule has 0 unspecified atom stereocenters. The van der Waals surface area contributed by atoms with Crippen LogP contribution in [-0.2, 0) is 4.79 Å². The highest BCUT2D eigenvalue weighted by Crippen LogP contribution is 2.41. The van der Waals surface area contributed by atoms with E-state index in [-0.39, 0.29) is 0 Å². The number of rotatable bonds is 6. The van der Waals surface area contributed by atoms with E-state index in [1.165, 1.54) is 6.08 Å². The van der Waals surface area contributed by atoms with Crippen molar-refractivity contribution in [2.45, 2.75) is 0 Å². The fourth-order valence-electron chi connectivity index (χ4n) is 2.75. The van der Waals surface area contributed by atoms with Crippen molar-refractivity contribution in [3.05, 3.63) is 48.3 Å². The summed E-state index contributed by atoms with van der Waals surface area (Å²) in [5.41, 5.74) is 2.08. The lowest BCUT2D eigenvalue weighted by Crippen LogP contribution is -1.97. The van der Waals surface area contributed by atoms with Gasteiger partial charge in [0.25, 0.3) is 0 Å². The van der Waals surface area contributed by atoms with Gasteiger partial charge in [-0.3, -0.25) is 4.40 Å². The Kier molecular flexibility index (Phi) is 4.79. The summed E-state index contributed by atoms with van der Waals surface area (Å²) in [5, 5.41) is 8.90. The third-order valence-electron chi connectivity index (χ3n) is 3.88. The molecule has 0 radical (unpaired) electrons. The van der Waals surface area contributed by atoms with Crippen molar-refractivity contribution >= 4 is 17.6 Å². The highest BCUT2D eigenvalue weighted by Gasteiger charge is 2.18. The molecule has 134 valence electrons. The molecule has 0 saturated heterocycles. The Morgan fingerprint density at radius 1 is 1.12 bits per heavy atom. The van der Waals surface area contributed by atoms with Gasteiger partial charge >= 0.3 is 5.97 Å². The van der Waals surface area contributed by atoms with E-state index in [1.807, 2.05) is 28.8 Å². The van der Waals surface area contributed by atoms with Crippen LogP contribution in [-0.4, -0.2) is 41.8 Å². The number of carboxylic acid groups (broad SMARTS) is 1. The second-order valence-electron chi connectivity index (χ2n) is 5.36. The summed E-state index contributed by atoms with van der Waals surface area (Å²) in [7, 11) is 4.64. The molecule has 3 aromatic rings. The third-order valence-corrected chi connectivity index (χ3v) is 3.88. The second kappa shape index (κ2) is 7.18. The number of carboxylic acids is 1. The number of carbonyl (C=O) groups is 1. The summed E-state index contributed by atoms with van der Waals surface area (Å²) >= 11 is 0. The molecule has 2 heterocycles. The van der Waals surface area contributed by atoms with E-state index in [0.29, 0.717) is 28.8 Å². The van der Waals surface area contributed by atoms with Crippen LogP contribution in [0, 0.1) is 0 Å². The van der Waals surface area contributed by atoms with Gasteiger partial charge in [-0.15, -0.1) is 0 Å². The zero-order valence-corrected chi connectivity index (χ0v) is 14.6. The molecule has 0 fully saturated rings. The number of ether oxygens (including phenoxy) is 3. The fraction of sp³-hybridized carbons (Fsp3) is 0.158. The van der Waals surface area contributed by atoms with Gasteiger partial charge in [0.05, 0.1) is 32.5 Å². The van der Waals surface area contributed by atoms with E-state index in [9.17, 15) is 4.79 Å². The second-order valence-corrected chi connectivity index (χ2v) is 5.36. The molecular weight excluding hydrogens is 336 g/mol. The minimum absolute atomic E-state index is 0.491. The molecule has 0 amide bonds. The van der Waals surface area contributed by atoms with Crippen molar-refractivity contribution in [3.63, 3.8) is 0 Å². The summed E-state index contributed by atoms with van der Waals surface area (Å²) < 4.78 is 18.0. The molecule has 0 saturated carbocycles. The molecule has 0 aliphatic heterocycles. The predicted octanol–water partition coefficient (Wildman–Crippen LogP) is 3.12. The minimum atomic E-state index is -1.03. The van der Waals surface area contributed by atoms with Crippen LogP contribution in [0.3, 0.4) is 0 Å². The molecular formula is C19H18N2O5. The molecule has 3 rings (SSSR count). The molecule has 2 aromatic heterocycles. The van der Waals surface area contributed by atoms with E-state index in [0.717, 1.165) is 17.2 Å². The van der Waals surface area contributed by atoms with Crippen molar-refractivity contribution in [3.8, 4) is 28.6 Å². The van der Waals surface area contributed by atoms with Gasteiger partial charge in [0, 0.05) is 17.8 Å². The number of aromatic nitrogens is 2. The van der Waals surface area contributed by atoms with Crippen LogP contribution in [0.4, 0.5) is 0 Å². The average molecular weight is 354 g/mol. The highest BCUT2D eigenvalue weighted by atomic mass is 16.5. The van der Waals surface area contributed by atoms with E-state index in [2.05, 4.69) is 4.98 Å². The average Bonchev–Trinajstić information content (AvgIpc) is 3.04. The SMILES string of the molecule is COc1cc(-c2nc(/C=C/C(=O)O)c3ccccn23)cc(OC)c1OC. The van der Waals surface area contributed by atoms with Crippen molar-refractivity contribution in [2.75, 3.05) is 21.3 Å². The molecule has 26 heavy (non-hydrogen) atoms. The maximum atomic E-state index is 10.9. The Morgan fingerprint density at radius 3 is 2.38 bits per heavy atom. The van der Waals surface area contributed by atoms with Crippen molar-refractivity contribution in [1.82, 2.24) is 9.38 Å². The van der Waals surface area contributed by atoms with Gasteiger partial charge in [-0.2, -0.15) is 0 Å². The van der Waals surface area contributed by atoms with Gasteiger partial charge in [0.2, 0.25) is 5.75 Å². The van der Waals surface area contributed by atoms with Gasteiger partial charge in [0.1, 0.15) is 5.82 Å². The first-order valence-electron chi connectivity index (χ1n) is 7.77. The summed E-state index contributed by atoms with van der Waals surface area (Å²) in [5.74, 6) is 1.11. The molecule has 1 N–H and O–H groups in total. The number of hydrogen-bond acceptors (Lipinski definition) is 5. The first-order chi connectivity index (χ1) is 12.6. The van der Waals surface area contributed by atoms with Crippen molar-refractivity contribution in [2.24, 2.45) is 0 Å². The number of aliphatic carboxylic acids is 1. The maximum absolute atomic E-state index is 10.9. The van der Waals surface area contributed by atoms with E-state index < -0.39 is 5.97 Å². The monoisotopic (exact) mass is 354 g/mol. The summed E-state index contributed by atoms with van der Waals surface area (Å²) in [6.07, 6.45) is 4.40. The van der Waals surface area contributed by atoms with Gasteiger partial charge in [-0.05, 0) is 30.3 Å². The molecule has 0 aliphatic carbocycles. The van der Waals surface area contributed by atoms with Crippen LogP contribution < -0.4 is 14.2 Å². The highest BCUT2D eigenvalue weighted by molar-refractivity contribution is 5.87. The van der Waals surface area contributed by atoms with Gasteiger partial charge < -0.3 is 19.3 Å². The summed E-state index contributed by atoms with van der Waals surface area (Å²) in [6, 6.07) is 9.21. The van der Waals surface area contributed by atoms with Crippen molar-refractivity contribution < 1.29 is 24.1 Å². The Bertz CT molecular complexity index is 966. The van der Waals surface area contributed by atoms with Crippen LogP contribution >= 0.6 is 0 Å². The number of methoxy groups -OCH3 is 3. The number of benzene rings is 1. The number of fused-ring (bicyclic) bond motifs is 1. The van der Waals surface area contributed by atoms with Crippen LogP contribution in [0.5, 0.6) is 17.2 Å². The summed E-state index contributed by atoms with van der Waals surface area (Å²) in [6.45, 7) is 0. The Hall–Kier alpha value is -3.48. The number of nitrogens with zero attached hydrogens (tertiary/aromatic N) is 2. The topological polar surface area (TPSA) is 82.3 Å². The smallest absolute Gasteiger partial charge is 0.328 e. The maximum Gasteiger partial charge on any atom is 0.328 e. The Labute approximate surface area is 150 Å². The number of imidazole rings is 1. The van der Waals surface area contributed by atoms with Gasteiger partial charge in [-0.1, -0.05) is 6.07 Å². The first kappa shape index (κ1) is 17.3. The van der Waals surface area contributed by atoms with Gasteiger partial charge in [-0.25, -0.2) is 9.78 Å². The zero-order chi connectivity index (χ0) is 18.7. The minimum Gasteiger partial charge on any atom is -0.493 e. The zero-order valence-electron chi connectivity index (χ0n) is 14.6. The normalized spacial score (nSPS) is 11.0. The predicted molar refractivity (Wildman–Crippen MR) is 97.0 cm³/mol. The molecule has 0 aliphatic rings. The van der Waals surface area contributed by atoms with E-state index in [1.54, 1.807) is 33.5 Å². The van der Waals surface area contributed by atoms with Crippen molar-refractivity contribution in [1.29, 1.82) is 0 Å². The Morgan fingerprint density at radius 2 is 1.81 bits per heavy atom. The lowest BCUT2D eigenvalue weighted by molar-refractivity contribution is -0.131. The lowest BCUT2D eigenvalue weighted by Gasteiger charge is -2.13. The van der Waals surface area contributed by atoms with Crippen LogP contribution in [0.25, 0.3) is 23.0 Å². The number of pyridine rings is 1. The standard InChI is InChI=1S/C19H18N2O5/c1-24-15-10-12(11-16(25-2)18(15)26-3)19-20-13(7-8-17(22)23)14-6-4-5-9-21(14)19/h4-11H,1-3H3,(H,22,23)/b8-7+.